The van der Waals surface area contributed by atoms with Crippen molar-refractivity contribution in [2.45, 2.75) is 39.5 Å². The highest BCUT2D eigenvalue weighted by molar-refractivity contribution is 7.07. The van der Waals surface area contributed by atoms with E-state index in [0.29, 0.717) is 32.2 Å². The van der Waals surface area contributed by atoms with Crippen molar-refractivity contribution in [3.63, 3.8) is 0 Å². The Morgan fingerprint density at radius 2 is 1.81 bits per heavy atom. The molecule has 1 aliphatic rings. The number of carbonyl (C=O) groups is 1. The van der Waals surface area contributed by atoms with Crippen molar-refractivity contribution in [1.29, 1.82) is 0 Å². The molecule has 212 valence electrons. The zero-order valence-corrected chi connectivity index (χ0v) is 24.7. The molecule has 0 bridgehead atoms. The monoisotopic (exact) mass is 599 g/mol. The van der Waals surface area contributed by atoms with Crippen LogP contribution in [0.3, 0.4) is 0 Å². The second kappa shape index (κ2) is 11.2. The molecule has 1 aliphatic heterocycles. The number of para-hydroxylation sites is 1. The number of nitrogens with zero attached hydrogens (tertiary/aromatic N) is 3. The lowest BCUT2D eigenvalue weighted by molar-refractivity contribution is -0.143. The van der Waals surface area contributed by atoms with Crippen LogP contribution in [-0.4, -0.2) is 21.2 Å². The average Bonchev–Trinajstić information content (AvgIpc) is 3.45. The Morgan fingerprint density at radius 3 is 2.52 bits per heavy atom. The van der Waals surface area contributed by atoms with Crippen LogP contribution in [0.2, 0.25) is 5.02 Å². The first kappa shape index (κ1) is 27.9. The van der Waals surface area contributed by atoms with Gasteiger partial charge in [0, 0.05) is 34.2 Å². The van der Waals surface area contributed by atoms with Gasteiger partial charge in [-0.1, -0.05) is 65.4 Å². The van der Waals surface area contributed by atoms with E-state index in [2.05, 4.69) is 9.56 Å². The van der Waals surface area contributed by atoms with Crippen LogP contribution in [0.25, 0.3) is 17.0 Å². The lowest BCUT2D eigenvalue weighted by atomic mass is 9.96. The van der Waals surface area contributed by atoms with Gasteiger partial charge in [0.25, 0.3) is 5.56 Å². The van der Waals surface area contributed by atoms with Gasteiger partial charge in [0.05, 0.1) is 27.9 Å². The van der Waals surface area contributed by atoms with Crippen LogP contribution >= 0.6 is 22.9 Å². The molecule has 0 amide bonds. The third kappa shape index (κ3) is 5.24. The molecule has 1 atom stereocenters. The van der Waals surface area contributed by atoms with E-state index >= 15 is 0 Å². The number of rotatable bonds is 6. The maximum atomic E-state index is 14.1. The van der Waals surface area contributed by atoms with Crippen LogP contribution in [0.1, 0.15) is 43.5 Å². The summed E-state index contributed by atoms with van der Waals surface area (Å²) in [4.78, 5) is 32.5. The lowest BCUT2D eigenvalue weighted by Crippen LogP contribution is -2.40. The molecule has 3 aromatic carbocycles. The van der Waals surface area contributed by atoms with Gasteiger partial charge in [-0.05, 0) is 68.3 Å². The van der Waals surface area contributed by atoms with Crippen molar-refractivity contribution in [3.8, 4) is 0 Å². The maximum Gasteiger partial charge on any atom is 0.338 e. The van der Waals surface area contributed by atoms with Gasteiger partial charge in [0.1, 0.15) is 5.82 Å². The molecule has 3 heterocycles. The molecular weight excluding hydrogens is 573 g/mol. The van der Waals surface area contributed by atoms with Crippen molar-refractivity contribution in [2.75, 3.05) is 0 Å². The molecule has 0 saturated carbocycles. The van der Waals surface area contributed by atoms with Crippen LogP contribution in [-0.2, 0) is 16.1 Å². The van der Waals surface area contributed by atoms with Crippen LogP contribution in [0.15, 0.2) is 100 Å². The minimum absolute atomic E-state index is 0.253. The summed E-state index contributed by atoms with van der Waals surface area (Å²) in [6.07, 6.45) is 3.54. The third-order valence-electron chi connectivity index (χ3n) is 7.14. The van der Waals surface area contributed by atoms with E-state index in [0.717, 1.165) is 27.6 Å². The van der Waals surface area contributed by atoms with Crippen LogP contribution in [0.4, 0.5) is 4.39 Å². The van der Waals surface area contributed by atoms with Gasteiger partial charge in [-0.25, -0.2) is 14.2 Å². The van der Waals surface area contributed by atoms with Gasteiger partial charge in [0.15, 0.2) is 4.80 Å². The summed E-state index contributed by atoms with van der Waals surface area (Å²) in [6, 6.07) is 20.8. The second-order valence-electron chi connectivity index (χ2n) is 10.4. The number of halogens is 2. The standard InChI is InChI=1S/C33H27ClFN3O3S/c1-19(2)41-32(40)29-20(3)36-33-38(30(29)22-10-12-24(34)13-11-22)31(39)28(42-33)16-23-18-37(27-7-5-4-6-26(23)27)17-21-8-14-25(35)15-9-21/h4-16,18-19,30H,17H2,1-3H3/t30-/m0/s1. The van der Waals surface area contributed by atoms with E-state index in [1.54, 1.807) is 49.6 Å². The first-order chi connectivity index (χ1) is 20.2. The first-order valence-corrected chi connectivity index (χ1v) is 14.7. The Labute approximate surface area is 250 Å². The fraction of sp³-hybridized carbons (Fsp3) is 0.182. The topological polar surface area (TPSA) is 65.6 Å². The van der Waals surface area contributed by atoms with Crippen molar-refractivity contribution in [1.82, 2.24) is 9.13 Å². The van der Waals surface area contributed by atoms with Gasteiger partial charge in [-0.15, -0.1) is 0 Å². The normalized spacial score (nSPS) is 15.3. The molecule has 0 spiro atoms. The summed E-state index contributed by atoms with van der Waals surface area (Å²) < 4.78 is 23.2. The molecule has 5 aromatic rings. The summed E-state index contributed by atoms with van der Waals surface area (Å²) in [5, 5.41) is 1.53. The molecule has 0 N–H and O–H groups in total. The summed E-state index contributed by atoms with van der Waals surface area (Å²) in [7, 11) is 0. The molecule has 0 aliphatic carbocycles. The average molecular weight is 600 g/mol. The Hall–Kier alpha value is -4.27. The van der Waals surface area contributed by atoms with E-state index in [9.17, 15) is 14.0 Å². The van der Waals surface area contributed by atoms with Crippen molar-refractivity contribution in [2.24, 2.45) is 4.99 Å². The predicted molar refractivity (Wildman–Crippen MR) is 164 cm³/mol. The Bertz CT molecular complexity index is 2040. The fourth-order valence-electron chi connectivity index (χ4n) is 5.27. The number of aromatic nitrogens is 2. The van der Waals surface area contributed by atoms with Crippen molar-refractivity contribution < 1.29 is 13.9 Å². The summed E-state index contributed by atoms with van der Waals surface area (Å²) in [5.74, 6) is -0.788. The SMILES string of the molecule is CC1=C(C(=O)OC(C)C)[C@H](c2ccc(Cl)cc2)n2c(sc(=Cc3cn(Cc4ccc(F)cc4)c4ccccc34)c2=O)=N1. The maximum absolute atomic E-state index is 14.1. The van der Waals surface area contributed by atoms with Crippen LogP contribution < -0.4 is 14.9 Å². The predicted octanol–water partition coefficient (Wildman–Crippen LogP) is 5.98. The molecule has 0 fully saturated rings. The zero-order valence-electron chi connectivity index (χ0n) is 23.2. The van der Waals surface area contributed by atoms with Gasteiger partial charge in [-0.2, -0.15) is 0 Å². The molecule has 0 saturated heterocycles. The zero-order chi connectivity index (χ0) is 29.5. The Balaban J connectivity index is 1.50. The van der Waals surface area contributed by atoms with Crippen LogP contribution in [0.5, 0.6) is 0 Å². The van der Waals surface area contributed by atoms with Gasteiger partial charge < -0.3 is 9.30 Å². The number of hydrogen-bond acceptors (Lipinski definition) is 5. The molecule has 6 rings (SSSR count). The number of allylic oxidation sites excluding steroid dienone is 1. The van der Waals surface area contributed by atoms with Crippen molar-refractivity contribution in [3.05, 3.63) is 137 Å². The third-order valence-corrected chi connectivity index (χ3v) is 8.38. The van der Waals surface area contributed by atoms with Crippen molar-refractivity contribution >= 4 is 45.9 Å². The van der Waals surface area contributed by atoms with E-state index < -0.39 is 12.0 Å². The summed E-state index contributed by atoms with van der Waals surface area (Å²) in [6.45, 7) is 5.88. The smallest absolute Gasteiger partial charge is 0.338 e. The second-order valence-corrected chi connectivity index (χ2v) is 11.9. The molecule has 0 unspecified atom stereocenters. The van der Waals surface area contributed by atoms with E-state index in [1.165, 1.54) is 23.5 Å². The lowest BCUT2D eigenvalue weighted by Gasteiger charge is -2.25. The van der Waals surface area contributed by atoms with Gasteiger partial charge in [0.2, 0.25) is 0 Å². The molecular formula is C33H27ClFN3O3S. The minimum atomic E-state index is -0.716. The Morgan fingerprint density at radius 1 is 1.10 bits per heavy atom. The quantitative estimate of drug-likeness (QED) is 0.226. The molecule has 6 nitrogen and oxygen atoms in total. The highest BCUT2D eigenvalue weighted by atomic mass is 35.5. The first-order valence-electron chi connectivity index (χ1n) is 13.5. The highest BCUT2D eigenvalue weighted by Gasteiger charge is 2.33. The number of carbonyl (C=O) groups excluding carboxylic acids is 1. The highest BCUT2D eigenvalue weighted by Crippen LogP contribution is 2.32. The molecule has 2 aromatic heterocycles. The van der Waals surface area contributed by atoms with E-state index in [4.69, 9.17) is 16.3 Å². The van der Waals surface area contributed by atoms with Crippen LogP contribution in [0, 0.1) is 5.82 Å². The van der Waals surface area contributed by atoms with E-state index in [1.807, 2.05) is 48.7 Å². The van der Waals surface area contributed by atoms with E-state index in [-0.39, 0.29) is 17.5 Å². The molecule has 9 heteroatoms. The largest absolute Gasteiger partial charge is 0.459 e. The fourth-order valence-corrected chi connectivity index (χ4v) is 6.43. The number of hydrogen-bond donors (Lipinski definition) is 0. The molecule has 42 heavy (non-hydrogen) atoms. The number of benzene rings is 3. The summed E-state index contributed by atoms with van der Waals surface area (Å²) in [5.41, 5.74) is 4.13. The molecule has 0 radical (unpaired) electrons. The number of esters is 1. The Kier molecular flexibility index (Phi) is 7.43. The number of thiazole rings is 1. The van der Waals surface area contributed by atoms with Gasteiger partial charge in [-0.3, -0.25) is 9.36 Å². The summed E-state index contributed by atoms with van der Waals surface area (Å²) >= 11 is 7.45. The minimum Gasteiger partial charge on any atom is -0.459 e. The number of ether oxygens (including phenoxy) is 1. The number of fused-ring (bicyclic) bond motifs is 2. The van der Waals surface area contributed by atoms with Gasteiger partial charge >= 0.3 is 5.97 Å².